The van der Waals surface area contributed by atoms with E-state index in [0.29, 0.717) is 5.69 Å². The first-order chi connectivity index (χ1) is 13.9. The van der Waals surface area contributed by atoms with Crippen LogP contribution >= 0.6 is 11.3 Å². The van der Waals surface area contributed by atoms with Gasteiger partial charge < -0.3 is 4.74 Å². The van der Waals surface area contributed by atoms with E-state index in [-0.39, 0.29) is 18.6 Å². The van der Waals surface area contributed by atoms with Gasteiger partial charge in [0.2, 0.25) is 0 Å². The number of nitrogens with one attached hydrogen (secondary N) is 1. The van der Waals surface area contributed by atoms with Crippen molar-refractivity contribution in [1.29, 1.82) is 0 Å². The first-order valence-corrected chi connectivity index (χ1v) is 9.48. The highest BCUT2D eigenvalue weighted by molar-refractivity contribution is 7.21. The number of halogens is 3. The van der Waals surface area contributed by atoms with E-state index in [1.54, 1.807) is 30.6 Å². The van der Waals surface area contributed by atoms with Crippen LogP contribution in [-0.2, 0) is 4.74 Å². The molecule has 1 N–H and O–H groups in total. The van der Waals surface area contributed by atoms with E-state index in [4.69, 9.17) is 4.74 Å². The van der Waals surface area contributed by atoms with Crippen LogP contribution in [0, 0.1) is 0 Å². The number of hydrogen-bond donors (Lipinski definition) is 1. The number of benzene rings is 1. The Kier molecular flexibility index (Phi) is 5.06. The van der Waals surface area contributed by atoms with E-state index >= 15 is 0 Å². The summed E-state index contributed by atoms with van der Waals surface area (Å²) < 4.78 is 44.4. The molecule has 0 fully saturated rings. The number of ether oxygens (including phenoxy) is 1. The quantitative estimate of drug-likeness (QED) is 0.562. The number of thiazole rings is 1. The Morgan fingerprint density at radius 3 is 2.90 bits per heavy atom. The molecule has 0 saturated carbocycles. The number of carbonyl (C=O) groups is 1. The van der Waals surface area contributed by atoms with Crippen molar-refractivity contribution in [2.75, 3.05) is 5.32 Å². The summed E-state index contributed by atoms with van der Waals surface area (Å²) in [4.78, 5) is 20.7. The topological polar surface area (TPSA) is 64.1 Å². The van der Waals surface area contributed by atoms with Crippen LogP contribution in [0.2, 0.25) is 0 Å². The van der Waals surface area contributed by atoms with Gasteiger partial charge in [-0.05, 0) is 43.2 Å². The SMILES string of the molecule is O=C(Nc1cccc(-c2nc3ccncc3s2)c1)OC1=CCCC(C(F)(F)F)=C1. The lowest BCUT2D eigenvalue weighted by atomic mass is 10.0. The normalized spacial score (nSPS) is 14.3. The second-order valence-electron chi connectivity index (χ2n) is 6.27. The van der Waals surface area contributed by atoms with E-state index < -0.39 is 17.8 Å². The van der Waals surface area contributed by atoms with Crippen LogP contribution in [0.3, 0.4) is 0 Å². The molecule has 0 spiro atoms. The molecule has 1 aromatic carbocycles. The Bertz CT molecular complexity index is 1100. The number of amides is 1. The number of carbonyl (C=O) groups excluding carboxylic acids is 1. The molecule has 1 aliphatic carbocycles. The van der Waals surface area contributed by atoms with Crippen LogP contribution in [0.25, 0.3) is 20.8 Å². The van der Waals surface area contributed by atoms with Gasteiger partial charge in [0.05, 0.1) is 10.2 Å². The van der Waals surface area contributed by atoms with Crippen molar-refractivity contribution in [2.45, 2.75) is 19.0 Å². The molecule has 1 amide bonds. The third kappa shape index (κ3) is 4.45. The average molecular weight is 417 g/mol. The van der Waals surface area contributed by atoms with Gasteiger partial charge in [-0.2, -0.15) is 13.2 Å². The monoisotopic (exact) mass is 417 g/mol. The largest absolute Gasteiger partial charge is 0.417 e. The number of allylic oxidation sites excluding steroid dienone is 3. The molecule has 5 nitrogen and oxygen atoms in total. The maximum atomic E-state index is 12.8. The molecule has 1 aliphatic rings. The standard InChI is InChI=1S/C20H14F3N3O2S/c21-20(22,23)13-4-2-6-15(10-13)28-19(27)25-14-5-1-3-12(9-14)18-26-16-7-8-24-11-17(16)29-18/h1,3,5-11H,2,4H2,(H,25,27). The van der Waals surface area contributed by atoms with Crippen LogP contribution in [0.4, 0.5) is 23.7 Å². The summed E-state index contributed by atoms with van der Waals surface area (Å²) in [7, 11) is 0. The second-order valence-corrected chi connectivity index (χ2v) is 7.30. The van der Waals surface area contributed by atoms with E-state index in [1.165, 1.54) is 17.4 Å². The van der Waals surface area contributed by atoms with Gasteiger partial charge >= 0.3 is 12.3 Å². The molecule has 3 aromatic rings. The summed E-state index contributed by atoms with van der Waals surface area (Å²) >= 11 is 1.47. The highest BCUT2D eigenvalue weighted by Gasteiger charge is 2.34. The van der Waals surface area contributed by atoms with Crippen molar-refractivity contribution in [3.63, 3.8) is 0 Å². The molecule has 29 heavy (non-hydrogen) atoms. The molecule has 2 aromatic heterocycles. The Morgan fingerprint density at radius 2 is 2.10 bits per heavy atom. The highest BCUT2D eigenvalue weighted by Crippen LogP contribution is 2.33. The molecule has 0 radical (unpaired) electrons. The molecule has 9 heteroatoms. The van der Waals surface area contributed by atoms with Crippen molar-refractivity contribution in [3.05, 3.63) is 66.2 Å². The van der Waals surface area contributed by atoms with Crippen LogP contribution in [0.1, 0.15) is 12.8 Å². The van der Waals surface area contributed by atoms with Crippen molar-refractivity contribution < 1.29 is 22.7 Å². The van der Waals surface area contributed by atoms with Crippen LogP contribution < -0.4 is 5.32 Å². The number of alkyl halides is 3. The minimum absolute atomic E-state index is 0.115. The molecule has 0 aliphatic heterocycles. The van der Waals surface area contributed by atoms with Crippen LogP contribution in [0.15, 0.2) is 66.2 Å². The molecule has 0 unspecified atom stereocenters. The van der Waals surface area contributed by atoms with Gasteiger partial charge in [0.1, 0.15) is 10.8 Å². The van der Waals surface area contributed by atoms with Gasteiger partial charge in [0, 0.05) is 29.2 Å². The van der Waals surface area contributed by atoms with Crippen molar-refractivity contribution in [3.8, 4) is 10.6 Å². The number of pyridine rings is 1. The molecule has 4 rings (SSSR count). The summed E-state index contributed by atoms with van der Waals surface area (Å²) in [6.07, 6.45) is 0.458. The predicted molar refractivity (Wildman–Crippen MR) is 104 cm³/mol. The summed E-state index contributed by atoms with van der Waals surface area (Å²) in [6.45, 7) is 0. The Labute approximate surface area is 167 Å². The zero-order valence-electron chi connectivity index (χ0n) is 14.9. The van der Waals surface area contributed by atoms with Gasteiger partial charge in [-0.25, -0.2) is 9.78 Å². The third-order valence-electron chi connectivity index (χ3n) is 4.20. The molecule has 0 atom stereocenters. The van der Waals surface area contributed by atoms with Crippen LogP contribution in [0.5, 0.6) is 0 Å². The highest BCUT2D eigenvalue weighted by atomic mass is 32.1. The van der Waals surface area contributed by atoms with Gasteiger partial charge in [-0.1, -0.05) is 12.1 Å². The lowest BCUT2D eigenvalue weighted by molar-refractivity contribution is -0.0944. The number of rotatable bonds is 3. The second kappa shape index (κ2) is 7.67. The zero-order valence-corrected chi connectivity index (χ0v) is 15.7. The van der Waals surface area contributed by atoms with E-state index in [9.17, 15) is 18.0 Å². The Hall–Kier alpha value is -3.20. The number of anilines is 1. The molecular formula is C20H14F3N3O2S. The maximum absolute atomic E-state index is 12.8. The smallest absolute Gasteiger partial charge is 0.410 e. The third-order valence-corrected chi connectivity index (χ3v) is 5.25. The Morgan fingerprint density at radius 1 is 1.24 bits per heavy atom. The average Bonchev–Trinajstić information content (AvgIpc) is 3.12. The summed E-state index contributed by atoms with van der Waals surface area (Å²) in [5, 5.41) is 3.30. The molecule has 2 heterocycles. The van der Waals surface area contributed by atoms with Crippen molar-refractivity contribution in [2.24, 2.45) is 0 Å². The summed E-state index contributed by atoms with van der Waals surface area (Å²) in [6, 6.07) is 8.79. The van der Waals surface area contributed by atoms with E-state index in [1.807, 2.05) is 12.1 Å². The molecule has 0 saturated heterocycles. The van der Waals surface area contributed by atoms with E-state index in [2.05, 4.69) is 15.3 Å². The number of nitrogens with zero attached hydrogens (tertiary/aromatic N) is 2. The van der Waals surface area contributed by atoms with Crippen LogP contribution in [-0.4, -0.2) is 22.2 Å². The molecular weight excluding hydrogens is 403 g/mol. The lowest BCUT2D eigenvalue weighted by Gasteiger charge is -2.16. The first-order valence-electron chi connectivity index (χ1n) is 8.66. The summed E-state index contributed by atoms with van der Waals surface area (Å²) in [5.74, 6) is -0.115. The van der Waals surface area contributed by atoms with Gasteiger partial charge in [0.25, 0.3) is 0 Å². The fraction of sp³-hybridized carbons (Fsp3) is 0.150. The first kappa shape index (κ1) is 19.1. The summed E-state index contributed by atoms with van der Waals surface area (Å²) in [5.41, 5.74) is 1.35. The predicted octanol–water partition coefficient (Wildman–Crippen LogP) is 6.07. The number of aromatic nitrogens is 2. The minimum atomic E-state index is -4.43. The van der Waals surface area contributed by atoms with E-state index in [0.717, 1.165) is 26.9 Å². The fourth-order valence-electron chi connectivity index (χ4n) is 2.85. The molecule has 0 bridgehead atoms. The Balaban J connectivity index is 1.47. The number of fused-ring (bicyclic) bond motifs is 1. The zero-order chi connectivity index (χ0) is 20.4. The number of hydrogen-bond acceptors (Lipinski definition) is 5. The lowest BCUT2D eigenvalue weighted by Crippen LogP contribution is -2.17. The maximum Gasteiger partial charge on any atom is 0.417 e. The minimum Gasteiger partial charge on any atom is -0.410 e. The van der Waals surface area contributed by atoms with Gasteiger partial charge in [-0.3, -0.25) is 10.3 Å². The van der Waals surface area contributed by atoms with Crippen molar-refractivity contribution >= 4 is 33.3 Å². The van der Waals surface area contributed by atoms with Gasteiger partial charge in [0.15, 0.2) is 0 Å². The van der Waals surface area contributed by atoms with Gasteiger partial charge in [-0.15, -0.1) is 11.3 Å². The van der Waals surface area contributed by atoms with Crippen molar-refractivity contribution in [1.82, 2.24) is 9.97 Å². The molecule has 148 valence electrons. The fourth-order valence-corrected chi connectivity index (χ4v) is 3.78.